The van der Waals surface area contributed by atoms with Gasteiger partial charge in [-0.1, -0.05) is 46.3 Å². The average molecular weight is 655 g/mol. The molecule has 1 saturated heterocycles. The van der Waals surface area contributed by atoms with Crippen LogP contribution >= 0.6 is 0 Å². The predicted octanol–water partition coefficient (Wildman–Crippen LogP) is 2.27. The Balaban J connectivity index is 1.50. The summed E-state index contributed by atoms with van der Waals surface area (Å²) in [7, 11) is 0. The summed E-state index contributed by atoms with van der Waals surface area (Å²) in [6, 6.07) is 0. The first kappa shape index (κ1) is 36.6. The largest absolute Gasteiger partial charge is 0.394 e. The highest BCUT2D eigenvalue weighted by Gasteiger charge is 2.74. The summed E-state index contributed by atoms with van der Waals surface area (Å²) in [6.45, 7) is 14.1. The van der Waals surface area contributed by atoms with Crippen LogP contribution in [0.2, 0.25) is 0 Å². The minimum absolute atomic E-state index is 0.0232. The lowest BCUT2D eigenvalue weighted by Crippen LogP contribution is -2.73. The van der Waals surface area contributed by atoms with Crippen LogP contribution in [0.25, 0.3) is 0 Å². The maximum Gasteiger partial charge on any atom is 0.187 e. The van der Waals surface area contributed by atoms with Crippen LogP contribution in [0.5, 0.6) is 0 Å². The van der Waals surface area contributed by atoms with E-state index in [1.807, 2.05) is 33.8 Å². The number of rotatable bonds is 8. The molecule has 0 bridgehead atoms. The minimum Gasteiger partial charge on any atom is -0.394 e. The Hall–Kier alpha value is -0.660. The molecule has 10 nitrogen and oxygen atoms in total. The fourth-order valence-electron chi connectivity index (χ4n) is 12.0. The van der Waals surface area contributed by atoms with Crippen molar-refractivity contribution in [1.29, 1.82) is 0 Å². The summed E-state index contributed by atoms with van der Waals surface area (Å²) >= 11 is 0. The molecule has 4 aliphatic carbocycles. The third-order valence-electron chi connectivity index (χ3n) is 14.8. The smallest absolute Gasteiger partial charge is 0.187 e. The van der Waals surface area contributed by atoms with Gasteiger partial charge in [-0.3, -0.25) is 0 Å². The summed E-state index contributed by atoms with van der Waals surface area (Å²) < 4.78 is 12.6. The molecular formula is C36H62O10. The molecule has 0 unspecified atom stereocenters. The van der Waals surface area contributed by atoms with Crippen molar-refractivity contribution in [2.45, 2.75) is 154 Å². The Morgan fingerprint density at radius 3 is 2.17 bits per heavy atom. The third kappa shape index (κ3) is 5.28. The van der Waals surface area contributed by atoms with E-state index in [1.54, 1.807) is 0 Å². The van der Waals surface area contributed by atoms with E-state index >= 15 is 0 Å². The van der Waals surface area contributed by atoms with Crippen LogP contribution in [0.1, 0.15) is 99.8 Å². The van der Waals surface area contributed by atoms with Gasteiger partial charge in [0.1, 0.15) is 24.4 Å². The molecule has 16 atom stereocenters. The van der Waals surface area contributed by atoms with Gasteiger partial charge in [-0.25, -0.2) is 0 Å². The van der Waals surface area contributed by atoms with Crippen molar-refractivity contribution in [3.05, 3.63) is 11.6 Å². The molecule has 266 valence electrons. The maximum atomic E-state index is 12.2. The fourth-order valence-corrected chi connectivity index (χ4v) is 12.0. The molecule has 8 N–H and O–H groups in total. The monoisotopic (exact) mass is 654 g/mol. The van der Waals surface area contributed by atoms with E-state index < -0.39 is 72.1 Å². The summed E-state index contributed by atoms with van der Waals surface area (Å²) in [5.41, 5.74) is -1.79. The van der Waals surface area contributed by atoms with E-state index in [0.717, 1.165) is 37.7 Å². The van der Waals surface area contributed by atoms with Gasteiger partial charge < -0.3 is 50.3 Å². The Kier molecular flexibility index (Phi) is 10.0. The summed E-state index contributed by atoms with van der Waals surface area (Å²) in [6.07, 6.45) is -1.47. The zero-order valence-electron chi connectivity index (χ0n) is 29.0. The lowest BCUT2D eigenvalue weighted by atomic mass is 9.34. The molecular weight excluding hydrogens is 592 g/mol. The first-order chi connectivity index (χ1) is 21.3. The SMILES string of the molecule is C/C(=C/CC[C@](C)(O[C@@H]1O[C@H](CO)[C@@H](O)[C@H](O)[C@H]1O)[C@H]1CC[C@]2(C)[C@@H]1CC[C@@H]1[C@@]3(C)CC[C@H](O)C(C)(C)[C@@H]3[C@@H](O)[C@H](O)[C@]12C)CO. The molecule has 46 heavy (non-hydrogen) atoms. The van der Waals surface area contributed by atoms with Gasteiger partial charge in [0.2, 0.25) is 0 Å². The van der Waals surface area contributed by atoms with E-state index in [2.05, 4.69) is 20.8 Å². The van der Waals surface area contributed by atoms with Crippen molar-refractivity contribution < 1.29 is 50.3 Å². The highest BCUT2D eigenvalue weighted by molar-refractivity contribution is 5.23. The number of allylic oxidation sites excluding steroid dienone is 1. The quantitative estimate of drug-likeness (QED) is 0.181. The number of fused-ring (bicyclic) bond motifs is 5. The molecule has 0 aromatic carbocycles. The summed E-state index contributed by atoms with van der Waals surface area (Å²) in [5, 5.41) is 86.6. The third-order valence-corrected chi connectivity index (χ3v) is 14.8. The van der Waals surface area contributed by atoms with Crippen LogP contribution < -0.4 is 0 Å². The molecule has 0 spiro atoms. The van der Waals surface area contributed by atoms with Gasteiger partial charge in [0.25, 0.3) is 0 Å². The van der Waals surface area contributed by atoms with Crippen molar-refractivity contribution in [3.63, 3.8) is 0 Å². The lowest BCUT2D eigenvalue weighted by molar-refractivity contribution is -0.336. The topological polar surface area (TPSA) is 180 Å². The van der Waals surface area contributed by atoms with Gasteiger partial charge in [-0.05, 0) is 99.2 Å². The average Bonchev–Trinajstić information content (AvgIpc) is 3.37. The highest BCUT2D eigenvalue weighted by atomic mass is 16.7. The van der Waals surface area contributed by atoms with Crippen LogP contribution in [0.3, 0.4) is 0 Å². The summed E-state index contributed by atoms with van der Waals surface area (Å²) in [5.74, 6) is -0.0147. The first-order valence-electron chi connectivity index (χ1n) is 17.6. The van der Waals surface area contributed by atoms with E-state index in [0.29, 0.717) is 19.3 Å². The van der Waals surface area contributed by atoms with Crippen LogP contribution in [0.15, 0.2) is 11.6 Å². The molecule has 0 radical (unpaired) electrons. The minimum atomic E-state index is -1.55. The second kappa shape index (κ2) is 12.6. The van der Waals surface area contributed by atoms with Crippen LogP contribution in [-0.4, -0.2) is 109 Å². The van der Waals surface area contributed by atoms with Crippen molar-refractivity contribution in [1.82, 2.24) is 0 Å². The molecule has 0 aromatic rings. The zero-order valence-corrected chi connectivity index (χ0v) is 29.0. The molecule has 1 heterocycles. The van der Waals surface area contributed by atoms with Crippen molar-refractivity contribution in [3.8, 4) is 0 Å². The Morgan fingerprint density at radius 2 is 1.54 bits per heavy atom. The molecule has 5 aliphatic rings. The number of hydrogen-bond donors (Lipinski definition) is 8. The summed E-state index contributed by atoms with van der Waals surface area (Å²) in [4.78, 5) is 0. The van der Waals surface area contributed by atoms with E-state index in [-0.39, 0.29) is 41.1 Å². The van der Waals surface area contributed by atoms with Gasteiger partial charge in [0.15, 0.2) is 6.29 Å². The van der Waals surface area contributed by atoms with Crippen LogP contribution in [-0.2, 0) is 9.47 Å². The number of aliphatic hydroxyl groups is 8. The molecule has 5 fully saturated rings. The Morgan fingerprint density at radius 1 is 0.870 bits per heavy atom. The van der Waals surface area contributed by atoms with Gasteiger partial charge in [-0.2, -0.15) is 0 Å². The first-order valence-corrected chi connectivity index (χ1v) is 17.6. The van der Waals surface area contributed by atoms with E-state index in [1.165, 1.54) is 0 Å². The standard InChI is InChI=1S/C36H62O10/c1-19(17-37)9-8-14-35(6,46-31-27(42)26(41)25(40)22(18-38)45-31)21-12-16-34(5)20(21)10-11-23-33(4)15-13-24(39)32(2,3)29(33)28(43)30(44)36(23,34)7/h9,20-31,37-44H,8,10-18H2,1-7H3/b19-9-/t20-,21+,22-,23-,24+,25-,26+,27-,28-,29+,30+,31+,33-,34-,35+,36+/m1/s1. The number of aliphatic hydroxyl groups excluding tert-OH is 8. The molecule has 5 rings (SSSR count). The Labute approximate surface area is 274 Å². The maximum absolute atomic E-state index is 12.2. The van der Waals surface area contributed by atoms with E-state index in [9.17, 15) is 40.9 Å². The van der Waals surface area contributed by atoms with Gasteiger partial charge >= 0.3 is 0 Å². The Bertz CT molecular complexity index is 1130. The van der Waals surface area contributed by atoms with E-state index in [4.69, 9.17) is 9.47 Å². The molecule has 10 heteroatoms. The second-order valence-electron chi connectivity index (χ2n) is 17.3. The molecule has 4 saturated carbocycles. The van der Waals surface area contributed by atoms with Gasteiger partial charge in [0.05, 0.1) is 37.1 Å². The van der Waals surface area contributed by atoms with Crippen LogP contribution in [0, 0.1) is 45.3 Å². The van der Waals surface area contributed by atoms with Gasteiger partial charge in [-0.15, -0.1) is 0 Å². The normalized spacial score (nSPS) is 51.9. The molecule has 1 aliphatic heterocycles. The second-order valence-corrected chi connectivity index (χ2v) is 17.3. The molecule has 0 amide bonds. The van der Waals surface area contributed by atoms with Crippen molar-refractivity contribution in [2.75, 3.05) is 13.2 Å². The van der Waals surface area contributed by atoms with Crippen molar-refractivity contribution >= 4 is 0 Å². The lowest BCUT2D eigenvalue weighted by Gasteiger charge is -2.72. The zero-order chi connectivity index (χ0) is 34.2. The van der Waals surface area contributed by atoms with Crippen molar-refractivity contribution in [2.24, 2.45) is 45.3 Å². The highest BCUT2D eigenvalue weighted by Crippen LogP contribution is 2.76. The number of hydrogen-bond acceptors (Lipinski definition) is 10. The number of ether oxygens (including phenoxy) is 2. The van der Waals surface area contributed by atoms with Gasteiger partial charge in [0, 0.05) is 11.3 Å². The predicted molar refractivity (Wildman–Crippen MR) is 171 cm³/mol. The molecule has 0 aromatic heterocycles. The van der Waals surface area contributed by atoms with Crippen LogP contribution in [0.4, 0.5) is 0 Å². The fraction of sp³-hybridized carbons (Fsp3) is 0.944.